The van der Waals surface area contributed by atoms with Gasteiger partial charge in [0, 0.05) is 25.2 Å². The number of aliphatic hydroxyl groups excluding tert-OH is 1. The molecule has 19 heavy (non-hydrogen) atoms. The molecule has 1 fully saturated rings. The van der Waals surface area contributed by atoms with Gasteiger partial charge in [-0.15, -0.1) is 0 Å². The molecule has 0 aliphatic carbocycles. The van der Waals surface area contributed by atoms with Crippen LogP contribution in [-0.4, -0.2) is 47.2 Å². The third-order valence-corrected chi connectivity index (χ3v) is 4.18. The van der Waals surface area contributed by atoms with E-state index >= 15 is 0 Å². The lowest BCUT2D eigenvalue weighted by atomic mass is 9.99. The number of hydrogen-bond acceptors (Lipinski definition) is 4. The Labute approximate surface area is 116 Å². The average Bonchev–Trinajstić information content (AvgIpc) is 2.41. The van der Waals surface area contributed by atoms with Crippen molar-refractivity contribution >= 4 is 5.69 Å². The molecule has 0 saturated carbocycles. The summed E-state index contributed by atoms with van der Waals surface area (Å²) in [5.41, 5.74) is 2.09. The fraction of sp³-hybridized carbons (Fsp3) is 0.667. The van der Waals surface area contributed by atoms with Crippen molar-refractivity contribution in [2.75, 3.05) is 31.6 Å². The highest BCUT2D eigenvalue weighted by molar-refractivity contribution is 5.46. The number of aromatic nitrogens is 1. The standard InChI is InChI=1S/C15H25N3O/c1-5-14(19)13-7-6-12(10-16-13)18-9-8-17(4)15(2,3)11-18/h6-7,10,14,19H,5,8-9,11H2,1-4H3. The van der Waals surface area contributed by atoms with Crippen molar-refractivity contribution in [3.05, 3.63) is 24.0 Å². The fourth-order valence-electron chi connectivity index (χ4n) is 2.45. The molecule has 0 bridgehead atoms. The van der Waals surface area contributed by atoms with Crippen LogP contribution < -0.4 is 4.90 Å². The molecular formula is C15H25N3O. The molecule has 2 rings (SSSR count). The molecule has 1 aliphatic heterocycles. The monoisotopic (exact) mass is 263 g/mol. The Kier molecular flexibility index (Phi) is 4.11. The number of nitrogens with zero attached hydrogens (tertiary/aromatic N) is 3. The summed E-state index contributed by atoms with van der Waals surface area (Å²) in [5.74, 6) is 0. The van der Waals surface area contributed by atoms with Crippen molar-refractivity contribution in [2.24, 2.45) is 0 Å². The van der Waals surface area contributed by atoms with Gasteiger partial charge in [0.15, 0.2) is 0 Å². The van der Waals surface area contributed by atoms with Gasteiger partial charge in [-0.25, -0.2) is 0 Å². The molecule has 4 nitrogen and oxygen atoms in total. The predicted molar refractivity (Wildman–Crippen MR) is 78.4 cm³/mol. The van der Waals surface area contributed by atoms with Gasteiger partial charge in [-0.3, -0.25) is 9.88 Å². The van der Waals surface area contributed by atoms with E-state index < -0.39 is 6.10 Å². The van der Waals surface area contributed by atoms with Crippen LogP contribution in [0.25, 0.3) is 0 Å². The highest BCUT2D eigenvalue weighted by atomic mass is 16.3. The highest BCUT2D eigenvalue weighted by Gasteiger charge is 2.31. The lowest BCUT2D eigenvalue weighted by molar-refractivity contribution is 0.139. The lowest BCUT2D eigenvalue weighted by Gasteiger charge is -2.46. The summed E-state index contributed by atoms with van der Waals surface area (Å²) < 4.78 is 0. The molecule has 1 unspecified atom stereocenters. The Morgan fingerprint density at radius 2 is 2.11 bits per heavy atom. The van der Waals surface area contributed by atoms with Crippen LogP contribution in [0.3, 0.4) is 0 Å². The van der Waals surface area contributed by atoms with Crippen molar-refractivity contribution in [1.82, 2.24) is 9.88 Å². The Morgan fingerprint density at radius 1 is 1.37 bits per heavy atom. The summed E-state index contributed by atoms with van der Waals surface area (Å²) in [4.78, 5) is 9.15. The van der Waals surface area contributed by atoms with Gasteiger partial charge in [0.05, 0.1) is 23.7 Å². The third-order valence-electron chi connectivity index (χ3n) is 4.18. The number of hydrogen-bond donors (Lipinski definition) is 1. The largest absolute Gasteiger partial charge is 0.387 e. The molecule has 1 N–H and O–H groups in total. The minimum atomic E-state index is -0.446. The van der Waals surface area contributed by atoms with Crippen molar-refractivity contribution in [2.45, 2.75) is 38.8 Å². The van der Waals surface area contributed by atoms with Crippen LogP contribution in [0.5, 0.6) is 0 Å². The topological polar surface area (TPSA) is 39.6 Å². The molecule has 0 radical (unpaired) electrons. The highest BCUT2D eigenvalue weighted by Crippen LogP contribution is 2.25. The predicted octanol–water partition coefficient (Wildman–Crippen LogP) is 2.06. The number of rotatable bonds is 3. The summed E-state index contributed by atoms with van der Waals surface area (Å²) >= 11 is 0. The van der Waals surface area contributed by atoms with E-state index in [9.17, 15) is 5.11 Å². The van der Waals surface area contributed by atoms with Crippen LogP contribution in [0.1, 0.15) is 39.0 Å². The maximum Gasteiger partial charge on any atom is 0.0957 e. The van der Waals surface area contributed by atoms with E-state index in [-0.39, 0.29) is 5.54 Å². The minimum absolute atomic E-state index is 0.180. The molecule has 4 heteroatoms. The maximum absolute atomic E-state index is 9.77. The second kappa shape index (κ2) is 5.47. The van der Waals surface area contributed by atoms with Gasteiger partial charge < -0.3 is 10.0 Å². The first kappa shape index (κ1) is 14.3. The number of anilines is 1. The van der Waals surface area contributed by atoms with E-state index in [0.717, 1.165) is 31.0 Å². The molecule has 1 aliphatic rings. The number of aliphatic hydroxyl groups is 1. The van der Waals surface area contributed by atoms with Crippen LogP contribution >= 0.6 is 0 Å². The van der Waals surface area contributed by atoms with Crippen LogP contribution in [0, 0.1) is 0 Å². The van der Waals surface area contributed by atoms with Gasteiger partial charge >= 0.3 is 0 Å². The van der Waals surface area contributed by atoms with Crippen LogP contribution in [0.15, 0.2) is 18.3 Å². The summed E-state index contributed by atoms with van der Waals surface area (Å²) in [5, 5.41) is 9.77. The average molecular weight is 263 g/mol. The lowest BCUT2D eigenvalue weighted by Crippen LogP contribution is -2.57. The summed E-state index contributed by atoms with van der Waals surface area (Å²) in [6.45, 7) is 9.58. The molecule has 106 valence electrons. The summed E-state index contributed by atoms with van der Waals surface area (Å²) in [6, 6.07) is 4.01. The molecule has 0 aromatic carbocycles. The Morgan fingerprint density at radius 3 is 2.63 bits per heavy atom. The Bertz CT molecular complexity index is 416. The first-order valence-corrected chi connectivity index (χ1v) is 7.04. The molecule has 2 heterocycles. The molecular weight excluding hydrogens is 238 g/mol. The third kappa shape index (κ3) is 3.07. The first-order chi connectivity index (χ1) is 8.94. The Balaban J connectivity index is 2.10. The zero-order chi connectivity index (χ0) is 14.0. The van der Waals surface area contributed by atoms with Gasteiger partial charge in [0.1, 0.15) is 0 Å². The molecule has 0 spiro atoms. The number of piperazine rings is 1. The van der Waals surface area contributed by atoms with E-state index in [0.29, 0.717) is 6.42 Å². The maximum atomic E-state index is 9.77. The zero-order valence-electron chi connectivity index (χ0n) is 12.4. The van der Waals surface area contributed by atoms with Crippen LogP contribution in [-0.2, 0) is 0 Å². The van der Waals surface area contributed by atoms with Crippen molar-refractivity contribution in [1.29, 1.82) is 0 Å². The normalized spacial score (nSPS) is 21.4. The fourth-order valence-corrected chi connectivity index (χ4v) is 2.45. The van der Waals surface area contributed by atoms with Crippen LogP contribution in [0.2, 0.25) is 0 Å². The zero-order valence-corrected chi connectivity index (χ0v) is 12.4. The van der Waals surface area contributed by atoms with E-state index in [1.807, 2.05) is 19.2 Å². The first-order valence-electron chi connectivity index (χ1n) is 7.04. The summed E-state index contributed by atoms with van der Waals surface area (Å²) in [7, 11) is 2.18. The molecule has 0 amide bonds. The van der Waals surface area contributed by atoms with Gasteiger partial charge in [-0.05, 0) is 39.4 Å². The van der Waals surface area contributed by atoms with Crippen molar-refractivity contribution in [3.63, 3.8) is 0 Å². The van der Waals surface area contributed by atoms with Crippen molar-refractivity contribution < 1.29 is 5.11 Å². The van der Waals surface area contributed by atoms with E-state index in [1.54, 1.807) is 0 Å². The summed E-state index contributed by atoms with van der Waals surface area (Å²) in [6.07, 6.45) is 2.14. The van der Waals surface area contributed by atoms with Crippen LogP contribution in [0.4, 0.5) is 5.69 Å². The van der Waals surface area contributed by atoms with Gasteiger partial charge in [-0.2, -0.15) is 0 Å². The SMILES string of the molecule is CCC(O)c1ccc(N2CCN(C)C(C)(C)C2)cn1. The molecule has 1 aromatic heterocycles. The quantitative estimate of drug-likeness (QED) is 0.906. The number of likely N-dealkylation sites (N-methyl/N-ethyl adjacent to an activating group) is 1. The minimum Gasteiger partial charge on any atom is -0.387 e. The second-order valence-corrected chi connectivity index (χ2v) is 6.02. The second-order valence-electron chi connectivity index (χ2n) is 6.02. The molecule has 1 saturated heterocycles. The smallest absolute Gasteiger partial charge is 0.0957 e. The van der Waals surface area contributed by atoms with E-state index in [2.05, 4.69) is 41.7 Å². The van der Waals surface area contributed by atoms with E-state index in [4.69, 9.17) is 0 Å². The van der Waals surface area contributed by atoms with Gasteiger partial charge in [-0.1, -0.05) is 6.92 Å². The number of pyridine rings is 1. The van der Waals surface area contributed by atoms with Gasteiger partial charge in [0.2, 0.25) is 0 Å². The van der Waals surface area contributed by atoms with Crippen molar-refractivity contribution in [3.8, 4) is 0 Å². The van der Waals surface area contributed by atoms with E-state index in [1.165, 1.54) is 0 Å². The van der Waals surface area contributed by atoms with Gasteiger partial charge in [0.25, 0.3) is 0 Å². The molecule has 1 atom stereocenters. The Hall–Kier alpha value is -1.13. The molecule has 1 aromatic rings.